The fourth-order valence-electron chi connectivity index (χ4n) is 2.16. The molecule has 23 heavy (non-hydrogen) atoms. The summed E-state index contributed by atoms with van der Waals surface area (Å²) >= 11 is 6.13. The van der Waals surface area contributed by atoms with E-state index in [1.807, 2.05) is 25.1 Å². The summed E-state index contributed by atoms with van der Waals surface area (Å²) in [6.45, 7) is 1.72. The summed E-state index contributed by atoms with van der Waals surface area (Å²) in [5, 5.41) is 4.07. The largest absolute Gasteiger partial charge is 0.481 e. The van der Waals surface area contributed by atoms with E-state index < -0.39 is 0 Å². The topological polar surface area (TPSA) is 64.1 Å². The van der Waals surface area contributed by atoms with Gasteiger partial charge in [-0.2, -0.15) is 0 Å². The zero-order valence-corrected chi connectivity index (χ0v) is 13.2. The van der Waals surface area contributed by atoms with Gasteiger partial charge in [0.1, 0.15) is 17.1 Å². The number of nitrogens with zero attached hydrogens (tertiary/aromatic N) is 2. The van der Waals surface area contributed by atoms with Gasteiger partial charge in [-0.15, -0.1) is 0 Å². The smallest absolute Gasteiger partial charge is 0.263 e. The molecule has 2 heterocycles. The lowest BCUT2D eigenvalue weighted by Gasteiger charge is -2.10. The van der Waals surface area contributed by atoms with Crippen molar-refractivity contribution < 1.29 is 9.53 Å². The van der Waals surface area contributed by atoms with E-state index in [0.717, 1.165) is 11.1 Å². The van der Waals surface area contributed by atoms with Crippen molar-refractivity contribution in [2.75, 3.05) is 11.9 Å². The molecule has 0 fully saturated rings. The van der Waals surface area contributed by atoms with Crippen molar-refractivity contribution in [3.63, 3.8) is 0 Å². The minimum Gasteiger partial charge on any atom is -0.481 e. The van der Waals surface area contributed by atoms with Crippen molar-refractivity contribution in [1.82, 2.24) is 9.97 Å². The Morgan fingerprint density at radius 2 is 2.09 bits per heavy atom. The fraction of sp³-hybridized carbons (Fsp3) is 0.118. The van der Waals surface area contributed by atoms with Crippen LogP contribution in [0.3, 0.4) is 0 Å². The second kappa shape index (κ2) is 6.62. The third-order valence-electron chi connectivity index (χ3n) is 3.19. The van der Waals surface area contributed by atoms with Crippen molar-refractivity contribution in [3.05, 3.63) is 59.4 Å². The van der Waals surface area contributed by atoms with E-state index in [1.54, 1.807) is 30.5 Å². The Kier molecular flexibility index (Phi) is 4.39. The highest BCUT2D eigenvalue weighted by Gasteiger charge is 2.09. The molecule has 3 rings (SSSR count). The molecule has 116 valence electrons. The van der Waals surface area contributed by atoms with Gasteiger partial charge in [-0.05, 0) is 43.3 Å². The molecule has 0 aliphatic rings. The van der Waals surface area contributed by atoms with Crippen molar-refractivity contribution in [2.45, 2.75) is 6.92 Å². The zero-order chi connectivity index (χ0) is 16.2. The molecule has 0 spiro atoms. The normalized spacial score (nSPS) is 10.5. The Bertz CT molecular complexity index is 867. The molecule has 0 aliphatic heterocycles. The van der Waals surface area contributed by atoms with Crippen LogP contribution in [0.5, 0.6) is 5.75 Å². The third-order valence-corrected chi connectivity index (χ3v) is 3.52. The number of ether oxygens (including phenoxy) is 1. The summed E-state index contributed by atoms with van der Waals surface area (Å²) in [5.41, 5.74) is 1.46. The Hall–Kier alpha value is -2.66. The van der Waals surface area contributed by atoms with Crippen LogP contribution in [0.4, 0.5) is 5.82 Å². The van der Waals surface area contributed by atoms with Gasteiger partial charge in [0.2, 0.25) is 0 Å². The van der Waals surface area contributed by atoms with E-state index in [-0.39, 0.29) is 12.5 Å². The molecule has 3 aromatic rings. The van der Waals surface area contributed by atoms with Gasteiger partial charge < -0.3 is 10.1 Å². The monoisotopic (exact) mass is 327 g/mol. The van der Waals surface area contributed by atoms with E-state index >= 15 is 0 Å². The van der Waals surface area contributed by atoms with Gasteiger partial charge in [0.05, 0.1) is 5.02 Å². The number of anilines is 1. The van der Waals surface area contributed by atoms with Crippen molar-refractivity contribution in [1.29, 1.82) is 0 Å². The minimum absolute atomic E-state index is 0.136. The van der Waals surface area contributed by atoms with E-state index in [0.29, 0.717) is 22.1 Å². The minimum atomic E-state index is -0.290. The molecule has 2 aromatic heterocycles. The standard InChI is InChI=1S/C17H14ClN3O2/c1-11-4-2-6-15(20-11)21-16(22)10-23-14-8-7-13(18)12-5-3-9-19-17(12)14/h2-9H,10H2,1H3,(H,20,21,22). The van der Waals surface area contributed by atoms with Gasteiger partial charge in [0.25, 0.3) is 5.91 Å². The zero-order valence-electron chi connectivity index (χ0n) is 12.4. The van der Waals surface area contributed by atoms with Gasteiger partial charge >= 0.3 is 0 Å². The molecule has 0 bridgehead atoms. The highest BCUT2D eigenvalue weighted by atomic mass is 35.5. The number of pyridine rings is 2. The predicted octanol–water partition coefficient (Wildman–Crippen LogP) is 3.61. The maximum atomic E-state index is 12.0. The Labute approximate surface area is 138 Å². The fourth-order valence-corrected chi connectivity index (χ4v) is 2.38. The van der Waals surface area contributed by atoms with Crippen LogP contribution in [0, 0.1) is 6.92 Å². The summed E-state index contributed by atoms with van der Waals surface area (Å²) in [6.07, 6.45) is 1.66. The SMILES string of the molecule is Cc1cccc(NC(=O)COc2ccc(Cl)c3cccnc23)n1. The molecule has 0 atom stereocenters. The number of carbonyl (C=O) groups excluding carboxylic acids is 1. The summed E-state index contributed by atoms with van der Waals surface area (Å²) in [6, 6.07) is 12.5. The summed E-state index contributed by atoms with van der Waals surface area (Å²) in [5.74, 6) is 0.720. The number of carbonyl (C=O) groups is 1. The molecule has 1 N–H and O–H groups in total. The van der Waals surface area contributed by atoms with E-state index in [2.05, 4.69) is 15.3 Å². The quantitative estimate of drug-likeness (QED) is 0.795. The lowest BCUT2D eigenvalue weighted by Crippen LogP contribution is -2.21. The number of amides is 1. The number of hydrogen-bond acceptors (Lipinski definition) is 4. The van der Waals surface area contributed by atoms with Crippen LogP contribution in [0.1, 0.15) is 5.69 Å². The molecule has 0 unspecified atom stereocenters. The van der Waals surface area contributed by atoms with Gasteiger partial charge in [-0.3, -0.25) is 9.78 Å². The molecule has 0 aliphatic carbocycles. The van der Waals surface area contributed by atoms with Gasteiger partial charge in [-0.25, -0.2) is 4.98 Å². The van der Waals surface area contributed by atoms with E-state index in [4.69, 9.17) is 16.3 Å². The number of halogens is 1. The molecule has 1 amide bonds. The first-order chi connectivity index (χ1) is 11.1. The average Bonchev–Trinajstić information content (AvgIpc) is 2.54. The number of rotatable bonds is 4. The number of nitrogens with one attached hydrogen (secondary N) is 1. The molecule has 1 aromatic carbocycles. The molecule has 6 heteroatoms. The number of hydrogen-bond donors (Lipinski definition) is 1. The summed E-state index contributed by atoms with van der Waals surface area (Å²) in [7, 11) is 0. The van der Waals surface area contributed by atoms with E-state index in [1.165, 1.54) is 0 Å². The van der Waals surface area contributed by atoms with E-state index in [9.17, 15) is 4.79 Å². The van der Waals surface area contributed by atoms with Crippen molar-refractivity contribution >= 4 is 34.2 Å². The third kappa shape index (κ3) is 3.57. The van der Waals surface area contributed by atoms with Crippen LogP contribution in [-0.2, 0) is 4.79 Å². The predicted molar refractivity (Wildman–Crippen MR) is 89.9 cm³/mol. The van der Waals surface area contributed by atoms with Crippen molar-refractivity contribution in [2.24, 2.45) is 0 Å². The highest BCUT2D eigenvalue weighted by Crippen LogP contribution is 2.29. The highest BCUT2D eigenvalue weighted by molar-refractivity contribution is 6.35. The van der Waals surface area contributed by atoms with Crippen LogP contribution in [0.25, 0.3) is 10.9 Å². The maximum Gasteiger partial charge on any atom is 0.263 e. The second-order valence-corrected chi connectivity index (χ2v) is 5.35. The Morgan fingerprint density at radius 1 is 1.22 bits per heavy atom. The first-order valence-electron chi connectivity index (χ1n) is 7.03. The first-order valence-corrected chi connectivity index (χ1v) is 7.41. The Morgan fingerprint density at radius 3 is 2.91 bits per heavy atom. The molecule has 0 radical (unpaired) electrons. The van der Waals surface area contributed by atoms with Gasteiger partial charge in [0, 0.05) is 17.3 Å². The van der Waals surface area contributed by atoms with Crippen molar-refractivity contribution in [3.8, 4) is 5.75 Å². The molecule has 5 nitrogen and oxygen atoms in total. The number of aromatic nitrogens is 2. The number of fused-ring (bicyclic) bond motifs is 1. The average molecular weight is 328 g/mol. The van der Waals surface area contributed by atoms with Crippen LogP contribution < -0.4 is 10.1 Å². The second-order valence-electron chi connectivity index (χ2n) is 4.95. The van der Waals surface area contributed by atoms with Gasteiger partial charge in [-0.1, -0.05) is 17.7 Å². The summed E-state index contributed by atoms with van der Waals surface area (Å²) in [4.78, 5) is 20.5. The summed E-state index contributed by atoms with van der Waals surface area (Å²) < 4.78 is 5.58. The van der Waals surface area contributed by atoms with Gasteiger partial charge in [0.15, 0.2) is 6.61 Å². The lowest BCUT2D eigenvalue weighted by molar-refractivity contribution is -0.118. The van der Waals surface area contributed by atoms with Crippen LogP contribution >= 0.6 is 11.6 Å². The molecule has 0 saturated heterocycles. The molecular formula is C17H14ClN3O2. The van der Waals surface area contributed by atoms with Crippen LogP contribution in [0.2, 0.25) is 5.02 Å². The van der Waals surface area contributed by atoms with Crippen LogP contribution in [-0.4, -0.2) is 22.5 Å². The first kappa shape index (κ1) is 15.2. The molecular weight excluding hydrogens is 314 g/mol. The number of benzene rings is 1. The molecule has 0 saturated carbocycles. The maximum absolute atomic E-state index is 12.0. The Balaban J connectivity index is 1.71. The van der Waals surface area contributed by atoms with Crippen LogP contribution in [0.15, 0.2) is 48.7 Å². The number of aryl methyl sites for hydroxylation is 1. The lowest BCUT2D eigenvalue weighted by atomic mass is 10.2.